The van der Waals surface area contributed by atoms with E-state index in [-0.39, 0.29) is 5.91 Å². The van der Waals surface area contributed by atoms with Gasteiger partial charge in [-0.2, -0.15) is 0 Å². The Morgan fingerprint density at radius 1 is 1.05 bits per heavy atom. The van der Waals surface area contributed by atoms with E-state index in [9.17, 15) is 4.79 Å². The molecule has 1 heterocycles. The van der Waals surface area contributed by atoms with Crippen LogP contribution in [0.1, 0.15) is 11.1 Å². The first-order valence-corrected chi connectivity index (χ1v) is 5.84. The maximum Gasteiger partial charge on any atom is 0.275 e. The summed E-state index contributed by atoms with van der Waals surface area (Å²) in [6.45, 7) is 0. The highest BCUT2D eigenvalue weighted by Crippen LogP contribution is 2.25. The molecule has 0 saturated carbocycles. The van der Waals surface area contributed by atoms with E-state index in [2.05, 4.69) is 16.2 Å². The summed E-state index contributed by atoms with van der Waals surface area (Å²) in [5.74, 6) is 2.37. The third-order valence-electron chi connectivity index (χ3n) is 2.92. The van der Waals surface area contributed by atoms with Crippen LogP contribution in [0.15, 0.2) is 53.5 Å². The number of terminal acetylenes is 1. The van der Waals surface area contributed by atoms with E-state index in [1.807, 2.05) is 24.3 Å². The average Bonchev–Trinajstić information content (AvgIpc) is 2.76. The lowest BCUT2D eigenvalue weighted by Crippen LogP contribution is -2.13. The van der Waals surface area contributed by atoms with Gasteiger partial charge in [0.1, 0.15) is 5.71 Å². The molecule has 0 spiro atoms. The first-order chi connectivity index (χ1) is 9.28. The predicted octanol–water partition coefficient (Wildman–Crippen LogP) is 2.74. The number of carbonyl (C=O) groups excluding carboxylic acids is 1. The Balaban J connectivity index is 2.04. The van der Waals surface area contributed by atoms with Crippen molar-refractivity contribution in [2.45, 2.75) is 0 Å². The quantitative estimate of drug-likeness (QED) is 0.772. The van der Waals surface area contributed by atoms with Crippen LogP contribution in [-0.2, 0) is 4.79 Å². The van der Waals surface area contributed by atoms with Crippen molar-refractivity contribution >= 4 is 23.0 Å². The fraction of sp³-hybridized carbons (Fsp3) is 0. The number of carbonyl (C=O) groups is 1. The Morgan fingerprint density at radius 2 is 1.79 bits per heavy atom. The van der Waals surface area contributed by atoms with Crippen LogP contribution < -0.4 is 5.32 Å². The number of rotatable bonds is 1. The Hall–Kier alpha value is -2.86. The zero-order valence-electron chi connectivity index (χ0n) is 10.1. The summed E-state index contributed by atoms with van der Waals surface area (Å²) >= 11 is 0. The molecular weight excluding hydrogens is 236 g/mol. The fourth-order valence-corrected chi connectivity index (χ4v) is 1.97. The topological polar surface area (TPSA) is 41.5 Å². The molecule has 3 rings (SSSR count). The Kier molecular flexibility index (Phi) is 2.62. The monoisotopic (exact) mass is 246 g/mol. The summed E-state index contributed by atoms with van der Waals surface area (Å²) in [4.78, 5) is 16.3. The average molecular weight is 246 g/mol. The lowest BCUT2D eigenvalue weighted by atomic mass is 10.1. The third kappa shape index (κ3) is 2.00. The molecule has 1 aliphatic rings. The van der Waals surface area contributed by atoms with E-state index in [1.165, 1.54) is 0 Å². The molecular formula is C16H10N2O. The molecule has 2 aromatic rings. The normalized spacial score (nSPS) is 14.9. The molecule has 0 aliphatic carbocycles. The molecule has 0 radical (unpaired) electrons. The van der Waals surface area contributed by atoms with Crippen molar-refractivity contribution < 1.29 is 4.79 Å². The van der Waals surface area contributed by atoms with Gasteiger partial charge in [-0.25, -0.2) is 4.99 Å². The second kappa shape index (κ2) is 4.43. The summed E-state index contributed by atoms with van der Waals surface area (Å²) in [6, 6.07) is 14.7. The summed E-state index contributed by atoms with van der Waals surface area (Å²) in [5.41, 5.74) is 3.56. The third-order valence-corrected chi connectivity index (χ3v) is 2.92. The molecule has 1 N–H and O–H groups in total. The number of nitrogens with one attached hydrogen (secondary N) is 1. The summed E-state index contributed by atoms with van der Waals surface area (Å²) in [5, 5.41) is 2.79. The van der Waals surface area contributed by atoms with Crippen LogP contribution in [0.25, 0.3) is 0 Å². The summed E-state index contributed by atoms with van der Waals surface area (Å²) < 4.78 is 0. The van der Waals surface area contributed by atoms with Crippen LogP contribution in [0.5, 0.6) is 0 Å². The second-order valence-corrected chi connectivity index (χ2v) is 4.15. The zero-order valence-corrected chi connectivity index (χ0v) is 10.1. The smallest absolute Gasteiger partial charge is 0.275 e. The van der Waals surface area contributed by atoms with Crippen molar-refractivity contribution in [1.82, 2.24) is 0 Å². The van der Waals surface area contributed by atoms with Crippen molar-refractivity contribution in [3.63, 3.8) is 0 Å². The molecule has 3 heteroatoms. The number of anilines is 1. The highest BCUT2D eigenvalue weighted by molar-refractivity contribution is 6.54. The van der Waals surface area contributed by atoms with E-state index in [0.29, 0.717) is 11.4 Å². The first kappa shape index (κ1) is 11.2. The van der Waals surface area contributed by atoms with Crippen molar-refractivity contribution in [1.29, 1.82) is 0 Å². The number of amides is 1. The molecule has 0 bridgehead atoms. The van der Waals surface area contributed by atoms with E-state index in [0.717, 1.165) is 16.8 Å². The van der Waals surface area contributed by atoms with E-state index in [1.54, 1.807) is 24.3 Å². The van der Waals surface area contributed by atoms with Gasteiger partial charge in [-0.15, -0.1) is 6.42 Å². The maximum absolute atomic E-state index is 11.9. The predicted molar refractivity (Wildman–Crippen MR) is 75.6 cm³/mol. The lowest BCUT2D eigenvalue weighted by Gasteiger charge is -1.98. The van der Waals surface area contributed by atoms with Crippen molar-refractivity contribution in [2.75, 3.05) is 5.32 Å². The van der Waals surface area contributed by atoms with E-state index in [4.69, 9.17) is 6.42 Å². The molecule has 2 aromatic carbocycles. The molecule has 1 amide bonds. The zero-order chi connectivity index (χ0) is 13.2. The van der Waals surface area contributed by atoms with Gasteiger partial charge in [0.25, 0.3) is 5.91 Å². The molecule has 3 nitrogen and oxygen atoms in total. The SMILES string of the molecule is C#Cc1ccc(N=C2C(=O)Nc3ccccc32)cc1. The maximum atomic E-state index is 11.9. The molecule has 19 heavy (non-hydrogen) atoms. The van der Waals surface area contributed by atoms with E-state index >= 15 is 0 Å². The van der Waals surface area contributed by atoms with Gasteiger partial charge in [-0.05, 0) is 30.3 Å². The van der Waals surface area contributed by atoms with Gasteiger partial charge in [-0.3, -0.25) is 4.79 Å². The van der Waals surface area contributed by atoms with Gasteiger partial charge in [0.2, 0.25) is 0 Å². The van der Waals surface area contributed by atoms with Crippen LogP contribution in [-0.4, -0.2) is 11.6 Å². The van der Waals surface area contributed by atoms with Gasteiger partial charge < -0.3 is 5.32 Å². The van der Waals surface area contributed by atoms with Gasteiger partial charge in [0.05, 0.1) is 11.4 Å². The lowest BCUT2D eigenvalue weighted by molar-refractivity contribution is -0.110. The Bertz CT molecular complexity index is 721. The molecule has 90 valence electrons. The minimum Gasteiger partial charge on any atom is -0.320 e. The first-order valence-electron chi connectivity index (χ1n) is 5.84. The van der Waals surface area contributed by atoms with Gasteiger partial charge in [0, 0.05) is 11.1 Å². The Labute approximate surface area is 111 Å². The molecule has 0 unspecified atom stereocenters. The van der Waals surface area contributed by atoms with Gasteiger partial charge in [-0.1, -0.05) is 24.1 Å². The molecule has 0 fully saturated rings. The number of hydrogen-bond acceptors (Lipinski definition) is 2. The minimum atomic E-state index is -0.178. The molecule has 0 aromatic heterocycles. The van der Waals surface area contributed by atoms with Crippen molar-refractivity contribution in [2.24, 2.45) is 4.99 Å². The van der Waals surface area contributed by atoms with Crippen LogP contribution in [0.4, 0.5) is 11.4 Å². The Morgan fingerprint density at radius 3 is 2.53 bits per heavy atom. The van der Waals surface area contributed by atoms with Gasteiger partial charge >= 0.3 is 0 Å². The summed E-state index contributed by atoms with van der Waals surface area (Å²) in [7, 11) is 0. The van der Waals surface area contributed by atoms with Crippen LogP contribution in [0, 0.1) is 12.3 Å². The van der Waals surface area contributed by atoms with Gasteiger partial charge in [0.15, 0.2) is 0 Å². The number of aliphatic imine (C=N–C) groups is 1. The number of benzene rings is 2. The van der Waals surface area contributed by atoms with Crippen molar-refractivity contribution in [3.05, 3.63) is 59.7 Å². The van der Waals surface area contributed by atoms with Crippen molar-refractivity contribution in [3.8, 4) is 12.3 Å². The standard InChI is InChI=1S/C16H10N2O/c1-2-11-7-9-12(10-8-11)17-15-13-5-3-4-6-14(13)18-16(15)19/h1,3-10H,(H,17,18,19). The number of fused-ring (bicyclic) bond motifs is 1. The van der Waals surface area contributed by atoms with Crippen LogP contribution >= 0.6 is 0 Å². The summed E-state index contributed by atoms with van der Waals surface area (Å²) in [6.07, 6.45) is 5.30. The molecule has 0 atom stereocenters. The minimum absolute atomic E-state index is 0.178. The number of nitrogens with zero attached hydrogens (tertiary/aromatic N) is 1. The number of hydrogen-bond donors (Lipinski definition) is 1. The highest BCUT2D eigenvalue weighted by atomic mass is 16.2. The van der Waals surface area contributed by atoms with E-state index < -0.39 is 0 Å². The second-order valence-electron chi connectivity index (χ2n) is 4.15. The van der Waals surface area contributed by atoms with Crippen LogP contribution in [0.2, 0.25) is 0 Å². The molecule has 1 aliphatic heterocycles. The van der Waals surface area contributed by atoms with Crippen LogP contribution in [0.3, 0.4) is 0 Å². The molecule has 0 saturated heterocycles. The largest absolute Gasteiger partial charge is 0.320 e. The number of para-hydroxylation sites is 1. The highest BCUT2D eigenvalue weighted by Gasteiger charge is 2.25. The fourth-order valence-electron chi connectivity index (χ4n) is 1.97.